The number of carbonyl (C=O) groups excluding carboxylic acids is 3. The number of para-hydroxylation sites is 1. The molecular formula is C38H49BrN4O4S. The van der Waals surface area contributed by atoms with Crippen LogP contribution in [-0.4, -0.2) is 87.4 Å². The fourth-order valence-corrected chi connectivity index (χ4v) is 11.7. The SMILES string of the molecule is C=CCN(C(=O)C1N([C@@H](CO)[C@@H](C)CC)C(=O)[C@@H]2[C@@H](C(=O)N(CC=C)c3ccccc3)[C@@H]3SC12CC3Br)c1ccc(N(CC)CC)cc1. The molecule has 3 aliphatic heterocycles. The van der Waals surface area contributed by atoms with E-state index in [9.17, 15) is 14.7 Å². The topological polar surface area (TPSA) is 84.4 Å². The van der Waals surface area contributed by atoms with Crippen LogP contribution in [0.5, 0.6) is 0 Å². The number of likely N-dealkylation sites (tertiary alicyclic amines) is 1. The van der Waals surface area contributed by atoms with Gasteiger partial charge < -0.3 is 24.7 Å². The zero-order valence-corrected chi connectivity index (χ0v) is 30.9. The largest absolute Gasteiger partial charge is 0.394 e. The zero-order valence-electron chi connectivity index (χ0n) is 28.5. The number of hydrogen-bond acceptors (Lipinski definition) is 6. The number of benzene rings is 2. The monoisotopic (exact) mass is 736 g/mol. The number of halogens is 1. The second-order valence-electron chi connectivity index (χ2n) is 13.0. The van der Waals surface area contributed by atoms with Gasteiger partial charge in [0.15, 0.2) is 0 Å². The molecule has 2 bridgehead atoms. The summed E-state index contributed by atoms with van der Waals surface area (Å²) >= 11 is 5.52. The van der Waals surface area contributed by atoms with Crippen molar-refractivity contribution < 1.29 is 19.5 Å². The first-order valence-electron chi connectivity index (χ1n) is 17.1. The maximum absolute atomic E-state index is 15.2. The molecular weight excluding hydrogens is 688 g/mol. The molecule has 5 rings (SSSR count). The lowest BCUT2D eigenvalue weighted by Gasteiger charge is -2.41. The molecule has 48 heavy (non-hydrogen) atoms. The van der Waals surface area contributed by atoms with E-state index in [-0.39, 0.29) is 46.9 Å². The number of thioether (sulfide) groups is 1. The molecule has 0 radical (unpaired) electrons. The fourth-order valence-electron chi connectivity index (χ4n) is 8.07. The molecule has 8 nitrogen and oxygen atoms in total. The number of nitrogens with zero attached hydrogens (tertiary/aromatic N) is 4. The summed E-state index contributed by atoms with van der Waals surface area (Å²) in [5, 5.41) is 10.6. The Kier molecular flexibility index (Phi) is 11.5. The third kappa shape index (κ3) is 6.13. The van der Waals surface area contributed by atoms with E-state index < -0.39 is 28.7 Å². The van der Waals surface area contributed by atoms with Gasteiger partial charge in [-0.3, -0.25) is 14.4 Å². The Hall–Kier alpha value is -3.08. The van der Waals surface area contributed by atoms with Crippen molar-refractivity contribution in [3.63, 3.8) is 0 Å². The molecule has 0 saturated carbocycles. The van der Waals surface area contributed by atoms with Gasteiger partial charge >= 0.3 is 0 Å². The Bertz CT molecular complexity index is 1490. The van der Waals surface area contributed by atoms with Gasteiger partial charge in [0.1, 0.15) is 6.04 Å². The summed E-state index contributed by atoms with van der Waals surface area (Å²) in [7, 11) is 0. The van der Waals surface area contributed by atoms with E-state index in [1.807, 2.05) is 68.4 Å². The number of alkyl halides is 1. The Labute approximate surface area is 298 Å². The summed E-state index contributed by atoms with van der Waals surface area (Å²) in [4.78, 5) is 52.1. The van der Waals surface area contributed by atoms with Crippen molar-refractivity contribution in [2.24, 2.45) is 17.8 Å². The van der Waals surface area contributed by atoms with Crippen LogP contribution in [-0.2, 0) is 14.4 Å². The Morgan fingerprint density at radius 1 is 0.979 bits per heavy atom. The lowest BCUT2D eigenvalue weighted by Crippen LogP contribution is -2.59. The number of anilines is 3. The molecule has 3 unspecified atom stereocenters. The molecule has 2 aromatic rings. The van der Waals surface area contributed by atoms with Crippen LogP contribution in [0.4, 0.5) is 17.1 Å². The van der Waals surface area contributed by atoms with Crippen LogP contribution in [0.25, 0.3) is 0 Å². The number of amides is 3. The Balaban J connectivity index is 1.62. The molecule has 3 amide bonds. The minimum absolute atomic E-state index is 0.0663. The number of aliphatic hydroxyl groups is 1. The molecule has 3 fully saturated rings. The lowest BCUT2D eigenvalue weighted by atomic mass is 9.70. The average Bonchev–Trinajstić information content (AvgIpc) is 3.70. The highest BCUT2D eigenvalue weighted by atomic mass is 79.9. The summed E-state index contributed by atoms with van der Waals surface area (Å²) in [5.41, 5.74) is 2.52. The number of aliphatic hydroxyl groups excluding tert-OH is 1. The van der Waals surface area contributed by atoms with Gasteiger partial charge in [-0.2, -0.15) is 0 Å². The average molecular weight is 738 g/mol. The molecule has 3 saturated heterocycles. The number of fused-ring (bicyclic) bond motifs is 1. The minimum atomic E-state index is -0.874. The quantitative estimate of drug-likeness (QED) is 0.175. The van der Waals surface area contributed by atoms with Crippen LogP contribution >= 0.6 is 27.7 Å². The van der Waals surface area contributed by atoms with Crippen molar-refractivity contribution in [1.29, 1.82) is 0 Å². The first kappa shape index (κ1) is 36.2. The molecule has 3 heterocycles. The summed E-state index contributed by atoms with van der Waals surface area (Å²) in [5.74, 6) is -2.01. The fraction of sp³-hybridized carbons (Fsp3) is 0.500. The van der Waals surface area contributed by atoms with E-state index in [1.165, 1.54) is 0 Å². The van der Waals surface area contributed by atoms with Crippen LogP contribution in [0, 0.1) is 17.8 Å². The van der Waals surface area contributed by atoms with Crippen molar-refractivity contribution in [1.82, 2.24) is 4.90 Å². The molecule has 258 valence electrons. The molecule has 10 heteroatoms. The van der Waals surface area contributed by atoms with Gasteiger partial charge in [0.2, 0.25) is 11.8 Å². The lowest BCUT2D eigenvalue weighted by molar-refractivity contribution is -0.143. The molecule has 1 spiro atoms. The van der Waals surface area contributed by atoms with Crippen LogP contribution in [0.15, 0.2) is 79.9 Å². The Morgan fingerprint density at radius 3 is 2.08 bits per heavy atom. The van der Waals surface area contributed by atoms with Crippen LogP contribution in [0.1, 0.15) is 40.5 Å². The predicted molar refractivity (Wildman–Crippen MR) is 201 cm³/mol. The Morgan fingerprint density at radius 2 is 1.54 bits per heavy atom. The van der Waals surface area contributed by atoms with Gasteiger partial charge in [-0.15, -0.1) is 24.9 Å². The van der Waals surface area contributed by atoms with Gasteiger partial charge in [0.25, 0.3) is 5.91 Å². The number of rotatable bonds is 15. The van der Waals surface area contributed by atoms with E-state index in [0.717, 1.165) is 30.9 Å². The van der Waals surface area contributed by atoms with Gasteiger partial charge in [0.05, 0.1) is 29.2 Å². The summed E-state index contributed by atoms with van der Waals surface area (Å²) in [6.07, 6.45) is 4.68. The van der Waals surface area contributed by atoms with Crippen LogP contribution < -0.4 is 14.7 Å². The van der Waals surface area contributed by atoms with E-state index in [0.29, 0.717) is 18.7 Å². The maximum Gasteiger partial charge on any atom is 0.251 e. The standard InChI is InChI=1S/C38H49BrN4O4S/c1-7-21-41(27-15-13-12-14-16-27)35(45)31-32-36(46)43(30(24-44)25(6)9-3)34(38(32)23-29(39)33(31)48-38)37(47)42(22-8-2)28-19-17-26(18-20-28)40(10-4)11-5/h7-8,12-20,25,29-34,44H,1-2,9-11,21-24H2,3-6H3/t25-,29?,30-,31+,32-,33+,34?,38?/m0/s1. The first-order valence-corrected chi connectivity index (χ1v) is 18.9. The van der Waals surface area contributed by atoms with Crippen molar-refractivity contribution in [2.45, 2.75) is 67.4 Å². The highest BCUT2D eigenvalue weighted by molar-refractivity contribution is 9.09. The highest BCUT2D eigenvalue weighted by Crippen LogP contribution is 2.68. The number of carbonyl (C=O) groups is 3. The van der Waals surface area contributed by atoms with E-state index in [1.54, 1.807) is 38.6 Å². The molecule has 3 aliphatic rings. The molecule has 8 atom stereocenters. The maximum atomic E-state index is 15.2. The van der Waals surface area contributed by atoms with Crippen molar-refractivity contribution in [3.8, 4) is 0 Å². The zero-order chi connectivity index (χ0) is 34.7. The van der Waals surface area contributed by atoms with Crippen molar-refractivity contribution >= 4 is 62.5 Å². The van der Waals surface area contributed by atoms with Gasteiger partial charge in [-0.05, 0) is 62.6 Å². The normalized spacial score (nSPS) is 26.9. The predicted octanol–water partition coefficient (Wildman–Crippen LogP) is 6.14. The van der Waals surface area contributed by atoms with Crippen molar-refractivity contribution in [2.75, 3.05) is 47.5 Å². The first-order chi connectivity index (χ1) is 23.1. The van der Waals surface area contributed by atoms with E-state index in [2.05, 4.69) is 47.8 Å². The summed E-state index contributed by atoms with van der Waals surface area (Å²) in [6, 6.07) is 16.0. The highest BCUT2D eigenvalue weighted by Gasteiger charge is 2.76. The van der Waals surface area contributed by atoms with E-state index in [4.69, 9.17) is 0 Å². The van der Waals surface area contributed by atoms with Gasteiger partial charge in [-0.25, -0.2) is 0 Å². The number of hydrogen-bond donors (Lipinski definition) is 1. The molecule has 1 N–H and O–H groups in total. The van der Waals surface area contributed by atoms with Gasteiger partial charge in [-0.1, -0.05) is 66.5 Å². The second kappa shape index (κ2) is 15.2. The second-order valence-corrected chi connectivity index (χ2v) is 15.8. The summed E-state index contributed by atoms with van der Waals surface area (Å²) < 4.78 is -0.856. The third-order valence-electron chi connectivity index (χ3n) is 10.6. The van der Waals surface area contributed by atoms with Crippen LogP contribution in [0.3, 0.4) is 0 Å². The summed E-state index contributed by atoms with van der Waals surface area (Å²) in [6.45, 7) is 18.1. The smallest absolute Gasteiger partial charge is 0.251 e. The third-order valence-corrected chi connectivity index (χ3v) is 13.8. The molecule has 2 aromatic carbocycles. The van der Waals surface area contributed by atoms with Crippen LogP contribution in [0.2, 0.25) is 0 Å². The molecule has 0 aromatic heterocycles. The van der Waals surface area contributed by atoms with Gasteiger partial charge in [0, 0.05) is 53.3 Å². The molecule has 0 aliphatic carbocycles. The minimum Gasteiger partial charge on any atom is -0.394 e. The van der Waals surface area contributed by atoms with Crippen molar-refractivity contribution in [3.05, 3.63) is 79.9 Å². The van der Waals surface area contributed by atoms with E-state index >= 15 is 4.79 Å².